The molecule has 0 radical (unpaired) electrons. The highest BCUT2D eigenvalue weighted by Gasteiger charge is 2.25. The van der Waals surface area contributed by atoms with E-state index in [4.69, 9.17) is 16.0 Å². The van der Waals surface area contributed by atoms with Crippen LogP contribution in [0.3, 0.4) is 0 Å². The van der Waals surface area contributed by atoms with Gasteiger partial charge in [-0.1, -0.05) is 60.1 Å². The van der Waals surface area contributed by atoms with Crippen LogP contribution in [-0.4, -0.2) is 42.0 Å². The number of aromatic nitrogens is 1. The summed E-state index contributed by atoms with van der Waals surface area (Å²) >= 11 is 6.13. The standard InChI is InChI=1S/C26H22ClN3O2/c27-20-9-6-10-21(17-20)29-13-15-30(16-14-29)26(31)23-12-5-4-11-22(23)25-28-18-24(32-25)19-7-2-1-3-8-19/h1-12,17-18H,13-16H2. The van der Waals surface area contributed by atoms with E-state index in [0.717, 1.165) is 29.4 Å². The van der Waals surface area contributed by atoms with Crippen molar-refractivity contribution in [2.24, 2.45) is 0 Å². The molecule has 1 aliphatic rings. The molecule has 0 spiro atoms. The van der Waals surface area contributed by atoms with Crippen LogP contribution in [0.5, 0.6) is 0 Å². The van der Waals surface area contributed by atoms with Crippen LogP contribution in [0.1, 0.15) is 10.4 Å². The highest BCUT2D eigenvalue weighted by Crippen LogP contribution is 2.29. The van der Waals surface area contributed by atoms with E-state index >= 15 is 0 Å². The third kappa shape index (κ3) is 4.12. The number of carbonyl (C=O) groups is 1. The predicted molar refractivity (Wildman–Crippen MR) is 127 cm³/mol. The van der Waals surface area contributed by atoms with Crippen LogP contribution >= 0.6 is 11.6 Å². The van der Waals surface area contributed by atoms with Crippen molar-refractivity contribution in [2.75, 3.05) is 31.1 Å². The number of carbonyl (C=O) groups excluding carboxylic acids is 1. The van der Waals surface area contributed by atoms with E-state index in [9.17, 15) is 4.79 Å². The molecule has 1 aromatic heterocycles. The largest absolute Gasteiger partial charge is 0.436 e. The van der Waals surface area contributed by atoms with Gasteiger partial charge in [-0.25, -0.2) is 4.98 Å². The van der Waals surface area contributed by atoms with Gasteiger partial charge in [0.2, 0.25) is 5.89 Å². The first-order chi connectivity index (χ1) is 15.7. The molecule has 1 saturated heterocycles. The van der Waals surface area contributed by atoms with Crippen molar-refractivity contribution < 1.29 is 9.21 Å². The van der Waals surface area contributed by atoms with E-state index in [1.165, 1.54) is 0 Å². The summed E-state index contributed by atoms with van der Waals surface area (Å²) in [7, 11) is 0. The minimum absolute atomic E-state index is 0.00851. The van der Waals surface area contributed by atoms with E-state index in [0.29, 0.717) is 35.9 Å². The second-order valence-corrected chi connectivity index (χ2v) is 8.14. The number of amides is 1. The molecule has 5 nitrogen and oxygen atoms in total. The Morgan fingerprint density at radius 2 is 1.62 bits per heavy atom. The van der Waals surface area contributed by atoms with Gasteiger partial charge < -0.3 is 14.2 Å². The minimum Gasteiger partial charge on any atom is -0.436 e. The van der Waals surface area contributed by atoms with E-state index in [2.05, 4.69) is 9.88 Å². The van der Waals surface area contributed by atoms with Gasteiger partial charge in [-0.15, -0.1) is 0 Å². The van der Waals surface area contributed by atoms with Gasteiger partial charge in [0, 0.05) is 48.0 Å². The number of hydrogen-bond acceptors (Lipinski definition) is 4. The van der Waals surface area contributed by atoms with Crippen LogP contribution in [0.25, 0.3) is 22.8 Å². The van der Waals surface area contributed by atoms with E-state index < -0.39 is 0 Å². The summed E-state index contributed by atoms with van der Waals surface area (Å²) < 4.78 is 6.02. The zero-order valence-corrected chi connectivity index (χ0v) is 18.2. The van der Waals surface area contributed by atoms with E-state index in [1.54, 1.807) is 6.20 Å². The summed E-state index contributed by atoms with van der Waals surface area (Å²) in [5, 5.41) is 0.718. The molecule has 1 amide bonds. The van der Waals surface area contributed by atoms with Crippen molar-refractivity contribution >= 4 is 23.2 Å². The highest BCUT2D eigenvalue weighted by atomic mass is 35.5. The van der Waals surface area contributed by atoms with Crippen molar-refractivity contribution in [3.63, 3.8) is 0 Å². The highest BCUT2D eigenvalue weighted by molar-refractivity contribution is 6.30. The molecule has 0 atom stereocenters. The van der Waals surface area contributed by atoms with Crippen molar-refractivity contribution in [3.05, 3.63) is 95.6 Å². The van der Waals surface area contributed by atoms with E-state index in [1.807, 2.05) is 83.8 Å². The molecule has 0 N–H and O–H groups in total. The number of oxazole rings is 1. The summed E-state index contributed by atoms with van der Waals surface area (Å²) in [5.74, 6) is 1.12. The fourth-order valence-corrected chi connectivity index (χ4v) is 4.19. The number of piperazine rings is 1. The number of nitrogens with zero attached hydrogens (tertiary/aromatic N) is 3. The van der Waals surface area contributed by atoms with Gasteiger partial charge in [0.1, 0.15) is 0 Å². The van der Waals surface area contributed by atoms with Crippen molar-refractivity contribution in [3.8, 4) is 22.8 Å². The number of anilines is 1. The average molecular weight is 444 g/mol. The fraction of sp³-hybridized carbons (Fsp3) is 0.154. The second-order valence-electron chi connectivity index (χ2n) is 7.70. The van der Waals surface area contributed by atoms with Gasteiger partial charge in [0.15, 0.2) is 5.76 Å². The molecule has 5 rings (SSSR count). The van der Waals surface area contributed by atoms with Gasteiger partial charge in [-0.3, -0.25) is 4.79 Å². The SMILES string of the molecule is O=C(c1ccccc1-c1ncc(-c2ccccc2)o1)N1CCN(c2cccc(Cl)c2)CC1. The maximum atomic E-state index is 13.4. The molecule has 4 aromatic rings. The molecule has 0 aliphatic carbocycles. The summed E-state index contributed by atoms with van der Waals surface area (Å²) in [6.07, 6.45) is 1.70. The molecule has 3 aromatic carbocycles. The van der Waals surface area contributed by atoms with Crippen LogP contribution in [0.2, 0.25) is 5.02 Å². The molecule has 0 saturated carbocycles. The average Bonchev–Trinajstić information content (AvgIpc) is 3.35. The fourth-order valence-electron chi connectivity index (χ4n) is 4.00. The van der Waals surface area contributed by atoms with Crippen LogP contribution < -0.4 is 4.90 Å². The quantitative estimate of drug-likeness (QED) is 0.410. The van der Waals surface area contributed by atoms with Gasteiger partial charge in [-0.05, 0) is 30.3 Å². The minimum atomic E-state index is -0.00851. The molecular formula is C26H22ClN3O2. The molecule has 1 aliphatic heterocycles. The van der Waals surface area contributed by atoms with Crippen molar-refractivity contribution in [1.29, 1.82) is 0 Å². The van der Waals surface area contributed by atoms with Crippen LogP contribution in [0.4, 0.5) is 5.69 Å². The molecule has 32 heavy (non-hydrogen) atoms. The Kier molecular flexibility index (Phi) is 5.65. The lowest BCUT2D eigenvalue weighted by Crippen LogP contribution is -2.48. The van der Waals surface area contributed by atoms with Crippen LogP contribution in [-0.2, 0) is 0 Å². The molecular weight excluding hydrogens is 422 g/mol. The lowest BCUT2D eigenvalue weighted by Gasteiger charge is -2.36. The van der Waals surface area contributed by atoms with Gasteiger partial charge in [0.05, 0.1) is 11.8 Å². The lowest BCUT2D eigenvalue weighted by molar-refractivity contribution is 0.0747. The topological polar surface area (TPSA) is 49.6 Å². The number of benzene rings is 3. The normalized spacial score (nSPS) is 13.9. The van der Waals surface area contributed by atoms with E-state index in [-0.39, 0.29) is 5.91 Å². The third-order valence-corrected chi connectivity index (χ3v) is 5.93. The summed E-state index contributed by atoms with van der Waals surface area (Å²) in [4.78, 5) is 22.0. The second kappa shape index (κ2) is 8.89. The smallest absolute Gasteiger partial charge is 0.254 e. The first kappa shape index (κ1) is 20.3. The summed E-state index contributed by atoms with van der Waals surface area (Å²) in [6.45, 7) is 2.79. The Labute approximate surface area is 191 Å². The number of halogens is 1. The molecule has 0 bridgehead atoms. The number of rotatable bonds is 4. The monoisotopic (exact) mass is 443 g/mol. The maximum Gasteiger partial charge on any atom is 0.254 e. The zero-order valence-electron chi connectivity index (χ0n) is 17.4. The Hall–Kier alpha value is -3.57. The molecule has 6 heteroatoms. The van der Waals surface area contributed by atoms with Gasteiger partial charge in [-0.2, -0.15) is 0 Å². The predicted octanol–water partition coefficient (Wildman–Crippen LogP) is 5.62. The van der Waals surface area contributed by atoms with Crippen LogP contribution in [0, 0.1) is 0 Å². The Balaban J connectivity index is 1.34. The maximum absolute atomic E-state index is 13.4. The van der Waals surface area contributed by atoms with Crippen molar-refractivity contribution in [2.45, 2.75) is 0 Å². The molecule has 160 valence electrons. The lowest BCUT2D eigenvalue weighted by atomic mass is 10.1. The zero-order chi connectivity index (χ0) is 21.9. The summed E-state index contributed by atoms with van der Waals surface area (Å²) in [6, 6.07) is 25.1. The molecule has 0 unspecified atom stereocenters. The molecule has 1 fully saturated rings. The van der Waals surface area contributed by atoms with Gasteiger partial charge in [0.25, 0.3) is 5.91 Å². The third-order valence-electron chi connectivity index (χ3n) is 5.69. The Morgan fingerprint density at radius 1 is 0.875 bits per heavy atom. The van der Waals surface area contributed by atoms with Crippen molar-refractivity contribution in [1.82, 2.24) is 9.88 Å². The number of hydrogen-bond donors (Lipinski definition) is 0. The Bertz CT molecular complexity index is 1230. The summed E-state index contributed by atoms with van der Waals surface area (Å²) in [5.41, 5.74) is 3.34. The first-order valence-corrected chi connectivity index (χ1v) is 11.0. The molecule has 2 heterocycles. The van der Waals surface area contributed by atoms with Gasteiger partial charge >= 0.3 is 0 Å². The van der Waals surface area contributed by atoms with Crippen LogP contribution in [0.15, 0.2) is 89.5 Å². The Morgan fingerprint density at radius 3 is 2.41 bits per heavy atom. The first-order valence-electron chi connectivity index (χ1n) is 10.6.